The van der Waals surface area contributed by atoms with Crippen molar-refractivity contribution in [3.8, 4) is 11.7 Å². The van der Waals surface area contributed by atoms with Gasteiger partial charge in [-0.05, 0) is 25.0 Å². The Bertz CT molecular complexity index is 1050. The molecule has 0 radical (unpaired) electrons. The summed E-state index contributed by atoms with van der Waals surface area (Å²) in [6.45, 7) is 0.324. The predicted molar refractivity (Wildman–Crippen MR) is 97.3 cm³/mol. The Morgan fingerprint density at radius 1 is 1.22 bits per heavy atom. The van der Waals surface area contributed by atoms with E-state index in [1.165, 1.54) is 4.31 Å². The lowest BCUT2D eigenvalue weighted by atomic mass is 10.0. The summed E-state index contributed by atoms with van der Waals surface area (Å²) in [4.78, 5) is 12.5. The monoisotopic (exact) mass is 390 g/mol. The summed E-state index contributed by atoms with van der Waals surface area (Å²) >= 11 is 0. The summed E-state index contributed by atoms with van der Waals surface area (Å²) in [5.74, 6) is 0.0321. The zero-order valence-electron chi connectivity index (χ0n) is 14.6. The van der Waals surface area contributed by atoms with Crippen LogP contribution in [-0.4, -0.2) is 47.7 Å². The average Bonchev–Trinajstić information content (AvgIpc) is 3.27. The molecule has 9 nitrogen and oxygen atoms in total. The molecule has 4 rings (SSSR count). The van der Waals surface area contributed by atoms with Crippen LogP contribution in [0.5, 0.6) is 0 Å². The quantitative estimate of drug-likeness (QED) is 0.725. The van der Waals surface area contributed by atoms with E-state index in [9.17, 15) is 13.2 Å². The number of hydrogen-bond donors (Lipinski definition) is 1. The van der Waals surface area contributed by atoms with Crippen molar-refractivity contribution in [2.45, 2.75) is 25.3 Å². The highest BCUT2D eigenvalue weighted by Crippen LogP contribution is 2.28. The summed E-state index contributed by atoms with van der Waals surface area (Å²) in [5.41, 5.74) is 0.683. The second kappa shape index (κ2) is 6.78. The van der Waals surface area contributed by atoms with Crippen LogP contribution in [-0.2, 0) is 14.8 Å². The first-order valence-electron chi connectivity index (χ1n) is 8.52. The smallest absolute Gasteiger partial charge is 0.322 e. The highest BCUT2D eigenvalue weighted by atomic mass is 32.2. The van der Waals surface area contributed by atoms with Crippen LogP contribution < -0.4 is 5.32 Å². The number of sulfonamides is 1. The van der Waals surface area contributed by atoms with Crippen molar-refractivity contribution in [1.82, 2.24) is 14.5 Å². The minimum absolute atomic E-state index is 0.102. The Kier molecular flexibility index (Phi) is 4.44. The fourth-order valence-corrected chi connectivity index (χ4v) is 4.34. The van der Waals surface area contributed by atoms with E-state index in [0.29, 0.717) is 24.3 Å². The molecule has 0 bridgehead atoms. The van der Waals surface area contributed by atoms with Crippen LogP contribution >= 0.6 is 0 Å². The molecule has 1 atom stereocenters. The summed E-state index contributed by atoms with van der Waals surface area (Å²) in [6.07, 6.45) is 3.06. The first-order valence-corrected chi connectivity index (χ1v) is 10.4. The van der Waals surface area contributed by atoms with Gasteiger partial charge in [0.2, 0.25) is 15.9 Å². The maximum absolute atomic E-state index is 12.5. The standard InChI is InChI=1S/C17H18N4O5S/c1-27(23,24)21-9-5-4-7-12(21)15(22)18-17-20-19-16(26-17)14-10-11-6-2-3-8-13(11)25-14/h2-3,6,8,10,12H,4-5,7,9H2,1H3,(H,18,20,22). The van der Waals surface area contributed by atoms with Crippen LogP contribution in [0.3, 0.4) is 0 Å². The normalized spacial score (nSPS) is 18.6. The number of furan rings is 1. The lowest BCUT2D eigenvalue weighted by Crippen LogP contribution is -2.49. The fraction of sp³-hybridized carbons (Fsp3) is 0.353. The minimum atomic E-state index is -3.47. The van der Waals surface area contributed by atoms with Gasteiger partial charge in [-0.2, -0.15) is 4.31 Å². The Balaban J connectivity index is 1.52. The van der Waals surface area contributed by atoms with Crippen molar-refractivity contribution < 1.29 is 22.0 Å². The van der Waals surface area contributed by atoms with E-state index in [2.05, 4.69) is 15.5 Å². The number of carbonyl (C=O) groups is 1. The number of nitrogens with zero attached hydrogens (tertiary/aromatic N) is 3. The van der Waals surface area contributed by atoms with Gasteiger partial charge in [0.05, 0.1) is 6.26 Å². The third-order valence-electron chi connectivity index (χ3n) is 4.47. The van der Waals surface area contributed by atoms with Gasteiger partial charge in [0.1, 0.15) is 11.6 Å². The number of anilines is 1. The molecule has 3 aromatic rings. The number of rotatable bonds is 4. The second-order valence-electron chi connectivity index (χ2n) is 6.44. The first-order chi connectivity index (χ1) is 12.9. The number of fused-ring (bicyclic) bond motifs is 1. The topological polar surface area (TPSA) is 119 Å². The van der Waals surface area contributed by atoms with E-state index < -0.39 is 22.0 Å². The van der Waals surface area contributed by atoms with Gasteiger partial charge in [-0.1, -0.05) is 29.7 Å². The van der Waals surface area contributed by atoms with Crippen LogP contribution in [0.1, 0.15) is 19.3 Å². The molecule has 1 unspecified atom stereocenters. The summed E-state index contributed by atoms with van der Waals surface area (Å²) in [7, 11) is -3.47. The van der Waals surface area contributed by atoms with Crippen LogP contribution in [0.4, 0.5) is 6.01 Å². The molecular formula is C17H18N4O5S. The van der Waals surface area contributed by atoms with Crippen molar-refractivity contribution >= 4 is 32.9 Å². The molecule has 27 heavy (non-hydrogen) atoms. The Morgan fingerprint density at radius 3 is 2.81 bits per heavy atom. The fourth-order valence-electron chi connectivity index (χ4n) is 3.21. The van der Waals surface area contributed by atoms with E-state index in [-0.39, 0.29) is 11.9 Å². The van der Waals surface area contributed by atoms with Gasteiger partial charge in [-0.3, -0.25) is 10.1 Å². The molecule has 10 heteroatoms. The summed E-state index contributed by atoms with van der Waals surface area (Å²) < 4.78 is 36.2. The summed E-state index contributed by atoms with van der Waals surface area (Å²) in [6, 6.07) is 8.34. The highest BCUT2D eigenvalue weighted by Gasteiger charge is 2.35. The number of aromatic nitrogens is 2. The third kappa shape index (κ3) is 3.58. The van der Waals surface area contributed by atoms with Crippen molar-refractivity contribution in [3.05, 3.63) is 30.3 Å². The second-order valence-corrected chi connectivity index (χ2v) is 8.37. The van der Waals surface area contributed by atoms with E-state index in [1.54, 1.807) is 6.07 Å². The van der Waals surface area contributed by atoms with Gasteiger partial charge in [0.15, 0.2) is 5.76 Å². The predicted octanol–water partition coefficient (Wildman–Crippen LogP) is 2.24. The summed E-state index contributed by atoms with van der Waals surface area (Å²) in [5, 5.41) is 11.1. The van der Waals surface area contributed by atoms with Crippen molar-refractivity contribution in [1.29, 1.82) is 0 Å². The van der Waals surface area contributed by atoms with E-state index >= 15 is 0 Å². The minimum Gasteiger partial charge on any atom is -0.451 e. The van der Waals surface area contributed by atoms with Gasteiger partial charge in [0.25, 0.3) is 5.89 Å². The molecule has 1 saturated heterocycles. The Morgan fingerprint density at radius 2 is 2.04 bits per heavy atom. The van der Waals surface area contributed by atoms with E-state index in [0.717, 1.165) is 24.5 Å². The number of piperidine rings is 1. The van der Waals surface area contributed by atoms with Crippen molar-refractivity contribution in [2.24, 2.45) is 0 Å². The molecule has 1 aliphatic rings. The molecule has 1 aromatic carbocycles. The highest BCUT2D eigenvalue weighted by molar-refractivity contribution is 7.88. The molecule has 1 amide bonds. The molecule has 1 aliphatic heterocycles. The van der Waals surface area contributed by atoms with Crippen LogP contribution in [0.2, 0.25) is 0 Å². The van der Waals surface area contributed by atoms with Gasteiger partial charge in [-0.25, -0.2) is 8.42 Å². The van der Waals surface area contributed by atoms with Crippen molar-refractivity contribution in [3.63, 3.8) is 0 Å². The van der Waals surface area contributed by atoms with Crippen LogP contribution in [0.15, 0.2) is 39.2 Å². The zero-order valence-corrected chi connectivity index (χ0v) is 15.4. The molecule has 0 saturated carbocycles. The molecule has 1 fully saturated rings. The molecule has 1 N–H and O–H groups in total. The number of hydrogen-bond acceptors (Lipinski definition) is 7. The lowest BCUT2D eigenvalue weighted by Gasteiger charge is -2.32. The SMILES string of the molecule is CS(=O)(=O)N1CCCCC1C(=O)Nc1nnc(-c2cc3ccccc3o2)o1. The van der Waals surface area contributed by atoms with Crippen LogP contribution in [0.25, 0.3) is 22.6 Å². The maximum Gasteiger partial charge on any atom is 0.322 e. The van der Waals surface area contributed by atoms with Gasteiger partial charge >= 0.3 is 6.01 Å². The maximum atomic E-state index is 12.5. The van der Waals surface area contributed by atoms with E-state index in [1.807, 2.05) is 24.3 Å². The Labute approximate surface area is 155 Å². The third-order valence-corrected chi connectivity index (χ3v) is 5.76. The van der Waals surface area contributed by atoms with Gasteiger partial charge in [-0.15, -0.1) is 5.10 Å². The molecular weight excluding hydrogens is 372 g/mol. The van der Waals surface area contributed by atoms with Gasteiger partial charge in [0, 0.05) is 11.9 Å². The van der Waals surface area contributed by atoms with Crippen LogP contribution in [0, 0.1) is 0 Å². The Hall–Kier alpha value is -2.72. The average molecular weight is 390 g/mol. The number of amides is 1. The lowest BCUT2D eigenvalue weighted by molar-refractivity contribution is -0.120. The molecule has 0 spiro atoms. The largest absolute Gasteiger partial charge is 0.451 e. The van der Waals surface area contributed by atoms with E-state index in [4.69, 9.17) is 8.83 Å². The van der Waals surface area contributed by atoms with Crippen molar-refractivity contribution in [2.75, 3.05) is 18.1 Å². The molecule has 3 heterocycles. The number of carbonyl (C=O) groups excluding carboxylic acids is 1. The molecule has 142 valence electrons. The van der Waals surface area contributed by atoms with Gasteiger partial charge < -0.3 is 8.83 Å². The number of para-hydroxylation sites is 1. The molecule has 0 aliphatic carbocycles. The number of nitrogens with one attached hydrogen (secondary N) is 1. The first kappa shape index (κ1) is 17.7. The zero-order chi connectivity index (χ0) is 19.0. The number of benzene rings is 1. The molecule has 2 aromatic heterocycles.